The molecule has 0 saturated heterocycles. The molecule has 0 fully saturated rings. The van der Waals surface area contributed by atoms with Crippen LogP contribution in [0, 0.1) is 5.82 Å². The molecular formula is C13H18FN3. The molecule has 1 atom stereocenters. The van der Waals surface area contributed by atoms with Crippen molar-refractivity contribution in [3.8, 4) is 0 Å². The summed E-state index contributed by atoms with van der Waals surface area (Å²) in [5.41, 5.74) is 7.48. The van der Waals surface area contributed by atoms with Crippen LogP contribution in [0.25, 0.3) is 11.0 Å². The highest BCUT2D eigenvalue weighted by atomic mass is 19.1. The number of rotatable bonds is 4. The maximum atomic E-state index is 13.1. The van der Waals surface area contributed by atoms with Crippen molar-refractivity contribution in [2.24, 2.45) is 5.73 Å². The van der Waals surface area contributed by atoms with Crippen LogP contribution in [0.1, 0.15) is 26.1 Å². The number of hydrogen-bond donors (Lipinski definition) is 1. The Labute approximate surface area is 100 Å². The number of aromatic nitrogens is 2. The fraction of sp³-hybridized carbons (Fsp3) is 0.462. The monoisotopic (exact) mass is 235 g/mol. The molecule has 1 aromatic heterocycles. The Morgan fingerprint density at radius 1 is 1.47 bits per heavy atom. The van der Waals surface area contributed by atoms with Gasteiger partial charge in [-0.1, -0.05) is 0 Å². The largest absolute Gasteiger partial charge is 0.328 e. The summed E-state index contributed by atoms with van der Waals surface area (Å²) in [5.74, 6) is 0.752. The van der Waals surface area contributed by atoms with Crippen molar-refractivity contribution in [1.29, 1.82) is 0 Å². The zero-order chi connectivity index (χ0) is 12.4. The van der Waals surface area contributed by atoms with E-state index < -0.39 is 0 Å². The van der Waals surface area contributed by atoms with Crippen LogP contribution in [0.4, 0.5) is 4.39 Å². The van der Waals surface area contributed by atoms with E-state index in [1.807, 2.05) is 6.92 Å². The molecule has 0 aliphatic carbocycles. The van der Waals surface area contributed by atoms with Gasteiger partial charge in [0.15, 0.2) is 0 Å². The summed E-state index contributed by atoms with van der Waals surface area (Å²) in [7, 11) is 0. The summed E-state index contributed by atoms with van der Waals surface area (Å²) >= 11 is 0. The molecule has 4 heteroatoms. The van der Waals surface area contributed by atoms with E-state index in [2.05, 4.69) is 16.5 Å². The Kier molecular flexibility index (Phi) is 3.43. The van der Waals surface area contributed by atoms with Crippen molar-refractivity contribution in [3.05, 3.63) is 29.8 Å². The van der Waals surface area contributed by atoms with Gasteiger partial charge in [-0.15, -0.1) is 0 Å². The van der Waals surface area contributed by atoms with Crippen LogP contribution in [0.5, 0.6) is 0 Å². The second kappa shape index (κ2) is 4.84. The van der Waals surface area contributed by atoms with Crippen LogP contribution >= 0.6 is 0 Å². The molecule has 0 radical (unpaired) electrons. The lowest BCUT2D eigenvalue weighted by Gasteiger charge is -2.07. The highest BCUT2D eigenvalue weighted by Gasteiger charge is 2.10. The van der Waals surface area contributed by atoms with E-state index in [9.17, 15) is 4.39 Å². The third-order valence-electron chi connectivity index (χ3n) is 2.93. The Bertz CT molecular complexity index is 517. The first-order chi connectivity index (χ1) is 8.11. The minimum absolute atomic E-state index is 0.164. The minimum atomic E-state index is -0.239. The van der Waals surface area contributed by atoms with Gasteiger partial charge in [0.25, 0.3) is 0 Å². The highest BCUT2D eigenvalue weighted by Crippen LogP contribution is 2.18. The van der Waals surface area contributed by atoms with Crippen molar-refractivity contribution >= 4 is 11.0 Å². The number of halogens is 1. The molecule has 1 aromatic carbocycles. The highest BCUT2D eigenvalue weighted by molar-refractivity contribution is 5.76. The van der Waals surface area contributed by atoms with Gasteiger partial charge in [0.2, 0.25) is 0 Å². The molecule has 2 aromatic rings. The number of benzene rings is 1. The molecule has 1 unspecified atom stereocenters. The molecule has 0 amide bonds. The van der Waals surface area contributed by atoms with Crippen molar-refractivity contribution in [3.63, 3.8) is 0 Å². The van der Waals surface area contributed by atoms with Crippen LogP contribution in [-0.4, -0.2) is 15.6 Å². The summed E-state index contributed by atoms with van der Waals surface area (Å²) in [6.07, 6.45) is 1.73. The first-order valence-electron chi connectivity index (χ1n) is 6.02. The fourth-order valence-corrected chi connectivity index (χ4v) is 2.05. The SMILES string of the molecule is CCn1c(CCC(C)N)nc2cc(F)ccc21. The summed E-state index contributed by atoms with van der Waals surface area (Å²) in [6, 6.07) is 4.91. The average molecular weight is 235 g/mol. The number of imidazole rings is 1. The molecule has 2 rings (SSSR count). The number of hydrogen-bond acceptors (Lipinski definition) is 2. The van der Waals surface area contributed by atoms with Gasteiger partial charge in [0.05, 0.1) is 11.0 Å². The zero-order valence-electron chi connectivity index (χ0n) is 10.3. The van der Waals surface area contributed by atoms with Crippen molar-refractivity contribution in [2.75, 3.05) is 0 Å². The maximum Gasteiger partial charge on any atom is 0.125 e. The second-order valence-corrected chi connectivity index (χ2v) is 4.42. The molecule has 0 aliphatic heterocycles. The first kappa shape index (κ1) is 12.0. The summed E-state index contributed by atoms with van der Waals surface area (Å²) < 4.78 is 15.2. The first-order valence-corrected chi connectivity index (χ1v) is 6.02. The van der Waals surface area contributed by atoms with Gasteiger partial charge < -0.3 is 10.3 Å². The van der Waals surface area contributed by atoms with E-state index >= 15 is 0 Å². The van der Waals surface area contributed by atoms with Crippen molar-refractivity contribution in [2.45, 2.75) is 39.3 Å². The lowest BCUT2D eigenvalue weighted by atomic mass is 10.2. The number of fused-ring (bicyclic) bond motifs is 1. The molecule has 0 spiro atoms. The summed E-state index contributed by atoms with van der Waals surface area (Å²) in [4.78, 5) is 4.48. The molecule has 92 valence electrons. The standard InChI is InChI=1S/C13H18FN3/c1-3-17-12-6-5-10(14)8-11(12)16-13(17)7-4-9(2)15/h5-6,8-9H,3-4,7,15H2,1-2H3. The Hall–Kier alpha value is -1.42. The summed E-state index contributed by atoms with van der Waals surface area (Å²) in [5, 5.41) is 0. The van der Waals surface area contributed by atoms with E-state index in [4.69, 9.17) is 5.73 Å². The van der Waals surface area contributed by atoms with Gasteiger partial charge in [0.1, 0.15) is 11.6 Å². The van der Waals surface area contributed by atoms with Gasteiger partial charge in [-0.25, -0.2) is 9.37 Å². The van der Waals surface area contributed by atoms with Gasteiger partial charge in [-0.05, 0) is 32.4 Å². The van der Waals surface area contributed by atoms with Gasteiger partial charge in [0, 0.05) is 25.1 Å². The molecule has 3 nitrogen and oxygen atoms in total. The molecule has 1 heterocycles. The average Bonchev–Trinajstić information content (AvgIpc) is 2.62. The number of nitrogens with two attached hydrogens (primary N) is 1. The molecule has 0 aliphatic rings. The van der Waals surface area contributed by atoms with Crippen LogP contribution in [0.2, 0.25) is 0 Å². The molecule has 17 heavy (non-hydrogen) atoms. The van der Waals surface area contributed by atoms with Gasteiger partial charge in [-0.3, -0.25) is 0 Å². The van der Waals surface area contributed by atoms with Crippen molar-refractivity contribution < 1.29 is 4.39 Å². The Morgan fingerprint density at radius 3 is 2.88 bits per heavy atom. The molecule has 2 N–H and O–H groups in total. The molecule has 0 saturated carbocycles. The fourth-order valence-electron chi connectivity index (χ4n) is 2.05. The maximum absolute atomic E-state index is 13.1. The number of nitrogens with zero attached hydrogens (tertiary/aromatic N) is 2. The van der Waals surface area contributed by atoms with Gasteiger partial charge in [-0.2, -0.15) is 0 Å². The van der Waals surface area contributed by atoms with Crippen LogP contribution in [0.15, 0.2) is 18.2 Å². The van der Waals surface area contributed by atoms with Crippen molar-refractivity contribution in [1.82, 2.24) is 9.55 Å². The minimum Gasteiger partial charge on any atom is -0.328 e. The molecule has 0 bridgehead atoms. The van der Waals surface area contributed by atoms with Crippen LogP contribution in [0.3, 0.4) is 0 Å². The predicted molar refractivity (Wildman–Crippen MR) is 67.3 cm³/mol. The van der Waals surface area contributed by atoms with E-state index in [1.54, 1.807) is 6.07 Å². The number of aryl methyl sites for hydroxylation is 2. The van der Waals surface area contributed by atoms with E-state index in [0.29, 0.717) is 0 Å². The third-order valence-corrected chi connectivity index (χ3v) is 2.93. The quantitative estimate of drug-likeness (QED) is 0.884. The van der Waals surface area contributed by atoms with Gasteiger partial charge >= 0.3 is 0 Å². The lowest BCUT2D eigenvalue weighted by molar-refractivity contribution is 0.619. The van der Waals surface area contributed by atoms with E-state index in [-0.39, 0.29) is 11.9 Å². The second-order valence-electron chi connectivity index (χ2n) is 4.42. The van der Waals surface area contributed by atoms with E-state index in [1.165, 1.54) is 12.1 Å². The Morgan fingerprint density at radius 2 is 2.24 bits per heavy atom. The molecular weight excluding hydrogens is 217 g/mol. The summed E-state index contributed by atoms with van der Waals surface area (Å²) in [6.45, 7) is 4.90. The predicted octanol–water partition coefficient (Wildman–Crippen LogP) is 2.48. The lowest BCUT2D eigenvalue weighted by Crippen LogP contribution is -2.16. The van der Waals surface area contributed by atoms with E-state index in [0.717, 1.165) is 36.2 Å². The topological polar surface area (TPSA) is 43.8 Å². The third kappa shape index (κ3) is 2.47. The van der Waals surface area contributed by atoms with Crippen LogP contribution in [-0.2, 0) is 13.0 Å². The van der Waals surface area contributed by atoms with Crippen LogP contribution < -0.4 is 5.73 Å². The smallest absolute Gasteiger partial charge is 0.125 e. The Balaban J connectivity index is 2.41. The zero-order valence-corrected chi connectivity index (χ0v) is 10.3. The normalized spacial score (nSPS) is 13.2.